The monoisotopic (exact) mass is 280 g/mol. The van der Waals surface area contributed by atoms with Gasteiger partial charge in [-0.3, -0.25) is 10.1 Å². The fourth-order valence-corrected chi connectivity index (χ4v) is 1.66. The quantitative estimate of drug-likeness (QED) is 0.485. The molecular weight excluding hydrogens is 267 g/mol. The van der Waals surface area contributed by atoms with Gasteiger partial charge in [0.2, 0.25) is 0 Å². The molecule has 0 saturated heterocycles. The third-order valence-electron chi connectivity index (χ3n) is 2.61. The second-order valence-corrected chi connectivity index (χ2v) is 4.08. The van der Waals surface area contributed by atoms with Crippen molar-refractivity contribution in [2.75, 3.05) is 6.54 Å². The lowest BCUT2D eigenvalue weighted by atomic mass is 10.2. The molecule has 106 valence electrons. The lowest BCUT2D eigenvalue weighted by Gasteiger charge is -2.06. The average Bonchev–Trinajstić information content (AvgIpc) is 2.87. The van der Waals surface area contributed by atoms with Gasteiger partial charge in [-0.1, -0.05) is 6.92 Å². The van der Waals surface area contributed by atoms with Gasteiger partial charge in [0.15, 0.2) is 11.6 Å². The lowest BCUT2D eigenvalue weighted by Crippen LogP contribution is -2.18. The molecule has 1 N–H and O–H groups in total. The van der Waals surface area contributed by atoms with Crippen LogP contribution in [0.25, 0.3) is 5.69 Å². The summed E-state index contributed by atoms with van der Waals surface area (Å²) in [5.74, 6) is -0.311. The van der Waals surface area contributed by atoms with E-state index in [-0.39, 0.29) is 11.4 Å². The molecule has 20 heavy (non-hydrogen) atoms. The normalized spacial score (nSPS) is 10.7. The zero-order chi connectivity index (χ0) is 14.5. The summed E-state index contributed by atoms with van der Waals surface area (Å²) in [6.45, 7) is 3.19. The zero-order valence-corrected chi connectivity index (χ0v) is 10.8. The minimum atomic E-state index is -0.747. The highest BCUT2D eigenvalue weighted by atomic mass is 19.1. The number of nitrogens with one attached hydrogen (secondary N) is 1. The van der Waals surface area contributed by atoms with E-state index < -0.39 is 10.7 Å². The van der Waals surface area contributed by atoms with Gasteiger partial charge in [-0.15, -0.1) is 5.10 Å². The smallest absolute Gasteiger partial charge is 0.272 e. The van der Waals surface area contributed by atoms with E-state index in [1.54, 1.807) is 0 Å². The number of halogens is 1. The van der Waals surface area contributed by atoms with Gasteiger partial charge in [-0.2, -0.15) is 4.68 Å². The van der Waals surface area contributed by atoms with Crippen molar-refractivity contribution in [3.63, 3.8) is 0 Å². The second kappa shape index (κ2) is 6.15. The van der Waals surface area contributed by atoms with Gasteiger partial charge in [-0.05, 0) is 29.5 Å². The molecule has 0 aliphatic carbocycles. The number of tetrazole rings is 1. The van der Waals surface area contributed by atoms with Crippen LogP contribution >= 0.6 is 0 Å². The van der Waals surface area contributed by atoms with Crippen molar-refractivity contribution in [3.05, 3.63) is 40.0 Å². The fraction of sp³-hybridized carbons (Fsp3) is 0.364. The molecule has 1 heterocycles. The van der Waals surface area contributed by atoms with Crippen molar-refractivity contribution >= 4 is 5.69 Å². The lowest BCUT2D eigenvalue weighted by molar-refractivity contribution is -0.385. The molecule has 9 heteroatoms. The number of nitro groups is 1. The summed E-state index contributed by atoms with van der Waals surface area (Å²) in [5.41, 5.74) is -0.237. The molecule has 0 amide bonds. The molecule has 0 atom stereocenters. The third kappa shape index (κ3) is 2.94. The maximum absolute atomic E-state index is 13.9. The number of benzene rings is 1. The summed E-state index contributed by atoms with van der Waals surface area (Å²) in [4.78, 5) is 9.92. The van der Waals surface area contributed by atoms with Gasteiger partial charge >= 0.3 is 0 Å². The van der Waals surface area contributed by atoms with Gasteiger partial charge in [0.05, 0.1) is 17.5 Å². The van der Waals surface area contributed by atoms with Crippen molar-refractivity contribution in [3.8, 4) is 5.69 Å². The summed E-state index contributed by atoms with van der Waals surface area (Å²) in [6.07, 6.45) is 0.952. The SMILES string of the molecule is CCCNCc1nnnn1-c1ccc([N+](=O)[O-])cc1F. The highest BCUT2D eigenvalue weighted by Gasteiger charge is 2.15. The Morgan fingerprint density at radius 1 is 1.50 bits per heavy atom. The van der Waals surface area contributed by atoms with Crippen LogP contribution in [0.3, 0.4) is 0 Å². The van der Waals surface area contributed by atoms with Gasteiger partial charge in [0, 0.05) is 6.07 Å². The average molecular weight is 280 g/mol. The molecule has 0 spiro atoms. The maximum atomic E-state index is 13.9. The standard InChI is InChI=1S/C11H13FN6O2/c1-2-5-13-7-11-14-15-16-17(11)10-4-3-8(18(19)20)6-9(10)12/h3-4,6,13H,2,5,7H2,1H3. The second-order valence-electron chi connectivity index (χ2n) is 4.08. The number of nitro benzene ring substituents is 1. The van der Waals surface area contributed by atoms with Crippen LogP contribution in [0, 0.1) is 15.9 Å². The molecule has 0 bridgehead atoms. The number of rotatable bonds is 6. The molecule has 1 aromatic heterocycles. The number of nitrogens with zero attached hydrogens (tertiary/aromatic N) is 5. The van der Waals surface area contributed by atoms with Crippen LogP contribution in [-0.2, 0) is 6.54 Å². The van der Waals surface area contributed by atoms with Crippen LogP contribution in [0.15, 0.2) is 18.2 Å². The predicted molar refractivity (Wildman–Crippen MR) is 67.8 cm³/mol. The summed E-state index contributed by atoms with van der Waals surface area (Å²) >= 11 is 0. The molecule has 8 nitrogen and oxygen atoms in total. The van der Waals surface area contributed by atoms with Crippen molar-refractivity contribution in [1.82, 2.24) is 25.5 Å². The van der Waals surface area contributed by atoms with Crippen molar-refractivity contribution in [1.29, 1.82) is 0 Å². The molecule has 0 saturated carbocycles. The number of hydrogen-bond acceptors (Lipinski definition) is 6. The number of non-ortho nitro benzene ring substituents is 1. The molecule has 1 aromatic carbocycles. The summed E-state index contributed by atoms with van der Waals surface area (Å²) < 4.78 is 15.1. The topological polar surface area (TPSA) is 98.8 Å². The number of hydrogen-bond donors (Lipinski definition) is 1. The fourth-order valence-electron chi connectivity index (χ4n) is 1.66. The third-order valence-corrected chi connectivity index (χ3v) is 2.61. The maximum Gasteiger partial charge on any atom is 0.272 e. The Labute approximate surface area is 113 Å². The first kappa shape index (κ1) is 14.0. The van der Waals surface area contributed by atoms with Gasteiger partial charge < -0.3 is 5.32 Å². The first-order valence-corrected chi connectivity index (χ1v) is 6.05. The van der Waals surface area contributed by atoms with E-state index in [0.29, 0.717) is 12.4 Å². The number of aromatic nitrogens is 4. The minimum Gasteiger partial charge on any atom is -0.310 e. The van der Waals surface area contributed by atoms with E-state index in [4.69, 9.17) is 0 Å². The Hall–Kier alpha value is -2.42. The Kier molecular flexibility index (Phi) is 4.31. The molecule has 2 rings (SSSR count). The van der Waals surface area contributed by atoms with Crippen molar-refractivity contribution in [2.45, 2.75) is 19.9 Å². The molecule has 0 unspecified atom stereocenters. The van der Waals surface area contributed by atoms with E-state index in [2.05, 4.69) is 20.8 Å². The van der Waals surface area contributed by atoms with E-state index in [1.165, 1.54) is 16.8 Å². The summed E-state index contributed by atoms with van der Waals surface area (Å²) in [6, 6.07) is 3.34. The Bertz CT molecular complexity index is 615. The van der Waals surface area contributed by atoms with Crippen LogP contribution in [0.4, 0.5) is 10.1 Å². The van der Waals surface area contributed by atoms with Crippen LogP contribution < -0.4 is 5.32 Å². The molecule has 0 aliphatic heterocycles. The van der Waals surface area contributed by atoms with E-state index >= 15 is 0 Å². The molecule has 0 aliphatic rings. The van der Waals surface area contributed by atoms with Crippen molar-refractivity contribution < 1.29 is 9.31 Å². The zero-order valence-electron chi connectivity index (χ0n) is 10.8. The highest BCUT2D eigenvalue weighted by molar-refractivity contribution is 5.42. The highest BCUT2D eigenvalue weighted by Crippen LogP contribution is 2.19. The van der Waals surface area contributed by atoms with Crippen LogP contribution in [0.1, 0.15) is 19.2 Å². The van der Waals surface area contributed by atoms with Gasteiger partial charge in [0.25, 0.3) is 5.69 Å². The molecule has 0 fully saturated rings. The van der Waals surface area contributed by atoms with Crippen LogP contribution in [0.2, 0.25) is 0 Å². The minimum absolute atomic E-state index is 0.0777. The predicted octanol–water partition coefficient (Wildman–Crippen LogP) is 1.21. The van der Waals surface area contributed by atoms with Gasteiger partial charge in [-0.25, -0.2) is 4.39 Å². The van der Waals surface area contributed by atoms with E-state index in [1.807, 2.05) is 6.92 Å². The Morgan fingerprint density at radius 3 is 2.95 bits per heavy atom. The largest absolute Gasteiger partial charge is 0.310 e. The summed E-state index contributed by atoms with van der Waals surface area (Å²) in [7, 11) is 0. The van der Waals surface area contributed by atoms with E-state index in [9.17, 15) is 14.5 Å². The van der Waals surface area contributed by atoms with Crippen molar-refractivity contribution in [2.24, 2.45) is 0 Å². The molecule has 0 radical (unpaired) electrons. The van der Waals surface area contributed by atoms with Gasteiger partial charge in [0.1, 0.15) is 5.69 Å². The molecular formula is C11H13FN6O2. The first-order valence-electron chi connectivity index (χ1n) is 6.05. The van der Waals surface area contributed by atoms with Crippen LogP contribution in [0.5, 0.6) is 0 Å². The first-order chi connectivity index (χ1) is 9.63. The Balaban J connectivity index is 2.28. The van der Waals surface area contributed by atoms with Crippen LogP contribution in [-0.4, -0.2) is 31.7 Å². The van der Waals surface area contributed by atoms with E-state index in [0.717, 1.165) is 19.0 Å². The summed E-state index contributed by atoms with van der Waals surface area (Å²) in [5, 5.41) is 24.7. The Morgan fingerprint density at radius 2 is 2.30 bits per heavy atom. The molecule has 2 aromatic rings.